The van der Waals surface area contributed by atoms with E-state index in [1.54, 1.807) is 0 Å². The second-order valence-corrected chi connectivity index (χ2v) is 16.7. The minimum Gasteiger partial charge on any atom is -0.333 e. The van der Waals surface area contributed by atoms with Crippen molar-refractivity contribution in [1.29, 1.82) is 0 Å². The maximum atomic E-state index is 2.53. The van der Waals surface area contributed by atoms with Gasteiger partial charge in [-0.1, -0.05) is 140 Å². The van der Waals surface area contributed by atoms with Crippen LogP contribution in [0.3, 0.4) is 0 Å². The zero-order chi connectivity index (χ0) is 41.7. The Hall–Kier alpha value is -7.88. The maximum absolute atomic E-state index is 2.53. The molecule has 8 aromatic carbocycles. The molecule has 2 aliphatic rings. The normalized spacial score (nSPS) is 15.0. The summed E-state index contributed by atoms with van der Waals surface area (Å²) in [7, 11) is 0. The zero-order valence-electron chi connectivity index (χ0n) is 35.0. The molecule has 0 radical (unpaired) electrons. The van der Waals surface area contributed by atoms with Crippen molar-refractivity contribution in [3.63, 3.8) is 0 Å². The van der Waals surface area contributed by atoms with Crippen molar-refractivity contribution in [2.24, 2.45) is 0 Å². The first-order valence-electron chi connectivity index (χ1n) is 22.2. The summed E-state index contributed by atoms with van der Waals surface area (Å²) < 4.78 is 4.93. The highest BCUT2D eigenvalue weighted by Crippen LogP contribution is 2.44. The van der Waals surface area contributed by atoms with Gasteiger partial charge in [-0.15, -0.1) is 0 Å². The number of rotatable bonds is 8. The molecule has 10 aromatic rings. The van der Waals surface area contributed by atoms with E-state index < -0.39 is 0 Å². The predicted octanol–water partition coefficient (Wildman–Crippen LogP) is 16.2. The van der Waals surface area contributed by atoms with Crippen LogP contribution in [0.4, 0.5) is 11.4 Å². The molecular formula is C60H45N3. The highest BCUT2D eigenvalue weighted by atomic mass is 15.2. The van der Waals surface area contributed by atoms with Crippen molar-refractivity contribution in [3.05, 3.63) is 242 Å². The standard InChI is InChI=1S/C60H45N3/c1-5-19-47(20-6-1)61(48-21-7-2-8-22-48)56-30-16-13-27-51(56)46-38-44(42-33-35-59-54(40-42)52-28-14-17-31-57(52)62(59)49-23-9-3-10-24-49)37-45(39-46)43-34-36-60-55(41-43)53-29-15-18-32-58(53)63(60)50-25-11-4-12-26-50/h1-12,14-15,17-25,27-41,50H,13,16,26H2. The lowest BCUT2D eigenvalue weighted by atomic mass is 9.88. The Kier molecular flexibility index (Phi) is 9.11. The monoisotopic (exact) mass is 807 g/mol. The average Bonchev–Trinajstić information content (AvgIpc) is 3.87. The molecule has 0 bridgehead atoms. The van der Waals surface area contributed by atoms with E-state index in [1.807, 2.05) is 0 Å². The van der Waals surface area contributed by atoms with Crippen LogP contribution in [0, 0.1) is 0 Å². The molecule has 0 amide bonds. The molecule has 3 nitrogen and oxygen atoms in total. The van der Waals surface area contributed by atoms with E-state index in [2.05, 4.69) is 245 Å². The smallest absolute Gasteiger partial charge is 0.0560 e. The van der Waals surface area contributed by atoms with E-state index in [1.165, 1.54) is 88.4 Å². The van der Waals surface area contributed by atoms with Gasteiger partial charge in [0.05, 0.1) is 17.1 Å². The van der Waals surface area contributed by atoms with Gasteiger partial charge < -0.3 is 14.0 Å². The number of allylic oxidation sites excluding steroid dienone is 7. The fraction of sp³-hybridized carbons (Fsp3) is 0.0667. The Morgan fingerprint density at radius 3 is 1.60 bits per heavy atom. The molecule has 2 heterocycles. The van der Waals surface area contributed by atoms with E-state index in [0.717, 1.165) is 30.6 Å². The van der Waals surface area contributed by atoms with Crippen LogP contribution in [0.25, 0.3) is 77.1 Å². The first kappa shape index (κ1) is 36.9. The molecule has 3 heteroatoms. The van der Waals surface area contributed by atoms with Crippen molar-refractivity contribution in [1.82, 2.24) is 9.13 Å². The molecule has 1 unspecified atom stereocenters. The summed E-state index contributed by atoms with van der Waals surface area (Å²) in [5.41, 5.74) is 16.9. The van der Waals surface area contributed by atoms with Gasteiger partial charge in [0.1, 0.15) is 0 Å². The predicted molar refractivity (Wildman–Crippen MR) is 267 cm³/mol. The van der Waals surface area contributed by atoms with E-state index in [-0.39, 0.29) is 6.04 Å². The van der Waals surface area contributed by atoms with Crippen LogP contribution in [0.2, 0.25) is 0 Å². The molecule has 0 saturated carbocycles. The van der Waals surface area contributed by atoms with Gasteiger partial charge in [0, 0.05) is 60.9 Å². The van der Waals surface area contributed by atoms with Gasteiger partial charge in [0.15, 0.2) is 0 Å². The van der Waals surface area contributed by atoms with Crippen molar-refractivity contribution in [2.75, 3.05) is 4.90 Å². The van der Waals surface area contributed by atoms with Crippen LogP contribution < -0.4 is 4.90 Å². The fourth-order valence-corrected chi connectivity index (χ4v) is 10.1. The van der Waals surface area contributed by atoms with Gasteiger partial charge in [0.25, 0.3) is 0 Å². The van der Waals surface area contributed by atoms with Crippen molar-refractivity contribution >= 4 is 60.6 Å². The van der Waals surface area contributed by atoms with Gasteiger partial charge in [0.2, 0.25) is 0 Å². The Morgan fingerprint density at radius 2 is 0.937 bits per heavy atom. The second kappa shape index (κ2) is 15.5. The van der Waals surface area contributed by atoms with Crippen LogP contribution in [-0.2, 0) is 0 Å². The summed E-state index contributed by atoms with van der Waals surface area (Å²) in [5, 5.41) is 5.07. The number of para-hydroxylation sites is 5. The lowest BCUT2D eigenvalue weighted by Crippen LogP contribution is -2.19. The summed E-state index contributed by atoms with van der Waals surface area (Å²) in [4.78, 5) is 2.43. The van der Waals surface area contributed by atoms with Crippen LogP contribution in [-0.4, -0.2) is 9.13 Å². The third-order valence-electron chi connectivity index (χ3n) is 13.0. The Balaban J connectivity index is 1.07. The summed E-state index contributed by atoms with van der Waals surface area (Å²) in [5.74, 6) is 0. The number of aromatic nitrogens is 2. The van der Waals surface area contributed by atoms with Gasteiger partial charge in [-0.3, -0.25) is 0 Å². The molecule has 300 valence electrons. The van der Waals surface area contributed by atoms with Crippen LogP contribution in [0.15, 0.2) is 236 Å². The molecule has 0 N–H and O–H groups in total. The van der Waals surface area contributed by atoms with E-state index >= 15 is 0 Å². The zero-order valence-corrected chi connectivity index (χ0v) is 35.0. The van der Waals surface area contributed by atoms with Gasteiger partial charge >= 0.3 is 0 Å². The lowest BCUT2D eigenvalue weighted by molar-refractivity contribution is 0.648. The highest BCUT2D eigenvalue weighted by molar-refractivity contribution is 6.11. The Bertz CT molecular complexity index is 3430. The van der Waals surface area contributed by atoms with Crippen molar-refractivity contribution < 1.29 is 0 Å². The van der Waals surface area contributed by atoms with E-state index in [4.69, 9.17) is 0 Å². The van der Waals surface area contributed by atoms with Crippen molar-refractivity contribution in [2.45, 2.75) is 25.3 Å². The van der Waals surface area contributed by atoms with Crippen molar-refractivity contribution in [3.8, 4) is 27.9 Å². The quantitative estimate of drug-likeness (QED) is 0.149. The molecular weight excluding hydrogens is 763 g/mol. The van der Waals surface area contributed by atoms with E-state index in [9.17, 15) is 0 Å². The Labute approximate surface area is 368 Å². The molecule has 0 saturated heterocycles. The molecule has 2 aliphatic carbocycles. The van der Waals surface area contributed by atoms with Crippen LogP contribution in [0.5, 0.6) is 0 Å². The summed E-state index contributed by atoms with van der Waals surface area (Å²) in [6, 6.07) is 71.8. The first-order chi connectivity index (χ1) is 31.3. The second-order valence-electron chi connectivity index (χ2n) is 16.7. The van der Waals surface area contributed by atoms with E-state index in [0.29, 0.717) is 0 Å². The number of benzene rings is 8. The van der Waals surface area contributed by atoms with Crippen LogP contribution >= 0.6 is 0 Å². The molecule has 0 fully saturated rings. The highest BCUT2D eigenvalue weighted by Gasteiger charge is 2.24. The minimum atomic E-state index is 0.279. The minimum absolute atomic E-state index is 0.279. The van der Waals surface area contributed by atoms with Gasteiger partial charge in [-0.05, 0) is 138 Å². The van der Waals surface area contributed by atoms with Gasteiger partial charge in [-0.2, -0.15) is 0 Å². The number of hydrogen-bond acceptors (Lipinski definition) is 1. The van der Waals surface area contributed by atoms with Crippen LogP contribution in [0.1, 0.15) is 30.9 Å². The number of hydrogen-bond donors (Lipinski definition) is 0. The number of anilines is 2. The summed E-state index contributed by atoms with van der Waals surface area (Å²) in [6.07, 6.45) is 16.8. The first-order valence-corrected chi connectivity index (χ1v) is 22.2. The lowest BCUT2D eigenvalue weighted by Gasteiger charge is -2.31. The molecule has 0 spiro atoms. The third kappa shape index (κ3) is 6.44. The topological polar surface area (TPSA) is 13.1 Å². The van der Waals surface area contributed by atoms with Gasteiger partial charge in [-0.25, -0.2) is 0 Å². The molecule has 63 heavy (non-hydrogen) atoms. The summed E-state index contributed by atoms with van der Waals surface area (Å²) >= 11 is 0. The molecule has 2 aromatic heterocycles. The largest absolute Gasteiger partial charge is 0.333 e. The SMILES string of the molecule is C1=CCC(n2c3ccccc3c3cc(-c4cc(C5=CCCC=C5N(c5ccccc5)c5ccccc5)cc(-c5ccc6c(c5)c5ccccc5n6-c5ccccc5)c4)ccc32)C=C1. The average molecular weight is 808 g/mol. The summed E-state index contributed by atoms with van der Waals surface area (Å²) in [6.45, 7) is 0. The molecule has 1 atom stereocenters. The molecule has 12 rings (SSSR count). The molecule has 0 aliphatic heterocycles. The fourth-order valence-electron chi connectivity index (χ4n) is 10.1. The maximum Gasteiger partial charge on any atom is 0.0560 e. The Morgan fingerprint density at radius 1 is 0.413 bits per heavy atom. The number of fused-ring (bicyclic) bond motifs is 6. The third-order valence-corrected chi connectivity index (χ3v) is 13.0. The number of nitrogens with zero attached hydrogens (tertiary/aromatic N) is 3.